The predicted molar refractivity (Wildman–Crippen MR) is 30.0 cm³/mol. The highest BCUT2D eigenvalue weighted by atomic mass is 32.2. The number of rotatable bonds is 0. The molecule has 1 aliphatic heterocycles. The van der Waals surface area contributed by atoms with Gasteiger partial charge in [0.15, 0.2) is 5.75 Å². The highest BCUT2D eigenvalue weighted by Gasteiger charge is 2.31. The van der Waals surface area contributed by atoms with Gasteiger partial charge in [0.1, 0.15) is 6.54 Å². The van der Waals surface area contributed by atoms with Gasteiger partial charge >= 0.3 is 0 Å². The van der Waals surface area contributed by atoms with E-state index in [0.29, 0.717) is 0 Å². The van der Waals surface area contributed by atoms with Gasteiger partial charge in [-0.05, 0) is 0 Å². The maximum Gasteiger partial charge on any atom is 0.278 e. The molecule has 5 heteroatoms. The van der Waals surface area contributed by atoms with Crippen molar-refractivity contribution < 1.29 is 17.5 Å². The van der Waals surface area contributed by atoms with Gasteiger partial charge in [0.25, 0.3) is 10.0 Å². The molecule has 1 aliphatic rings. The summed E-state index contributed by atoms with van der Waals surface area (Å²) in [5.74, 6) is -0.591. The topological polar surface area (TPSA) is 55.6 Å². The third-order valence-corrected chi connectivity index (χ3v) is 2.91. The maximum atomic E-state index is 10.7. The molecule has 52 valence electrons. The summed E-state index contributed by atoms with van der Waals surface area (Å²) in [6, 6.07) is 0. The molecule has 0 bridgehead atoms. The Kier molecular flexibility index (Phi) is 1.32. The van der Waals surface area contributed by atoms with Crippen molar-refractivity contribution in [3.05, 3.63) is 7.05 Å². The predicted octanol–water partition coefficient (Wildman–Crippen LogP) is -2.42. The Bertz CT molecular complexity index is 230. The third kappa shape index (κ3) is 1.11. The molecule has 0 spiro atoms. The monoisotopic (exact) mass is 149 g/mol. The molecular formula is C4H7NO3S. The molecule has 1 unspecified atom stereocenters. The van der Waals surface area contributed by atoms with Gasteiger partial charge in [-0.1, -0.05) is 0 Å². The number of carbonyl (C=O) groups excluding carboxylic acids is 1. The van der Waals surface area contributed by atoms with E-state index < -0.39 is 10.0 Å². The first-order chi connectivity index (χ1) is 4.02. The van der Waals surface area contributed by atoms with Crippen molar-refractivity contribution in [3.8, 4) is 0 Å². The van der Waals surface area contributed by atoms with E-state index in [9.17, 15) is 13.2 Å². The lowest BCUT2D eigenvalue weighted by Gasteiger charge is -2.07. The number of Topliss-reactive ketones (excluding diaryl/α,β-unsaturated/α-hetero) is 1. The second kappa shape index (κ2) is 1.78. The molecule has 0 amide bonds. The van der Waals surface area contributed by atoms with E-state index in [1.54, 1.807) is 0 Å². The normalized spacial score (nSPS) is 33.0. The van der Waals surface area contributed by atoms with Crippen LogP contribution in [0.5, 0.6) is 0 Å². The Balaban J connectivity index is 2.95. The van der Waals surface area contributed by atoms with E-state index in [2.05, 4.69) is 7.05 Å². The molecule has 0 aromatic heterocycles. The number of nitrogens with one attached hydrogen (secondary N) is 1. The minimum absolute atomic E-state index is 0.0162. The summed E-state index contributed by atoms with van der Waals surface area (Å²) in [7, 11) is 0.0304. The van der Waals surface area contributed by atoms with Gasteiger partial charge in [0.05, 0.1) is 0 Å². The smallest absolute Gasteiger partial charge is 0.278 e. The fraction of sp³-hybridized carbons (Fsp3) is 0.500. The van der Waals surface area contributed by atoms with E-state index in [1.807, 2.05) is 0 Å². The van der Waals surface area contributed by atoms with E-state index in [0.717, 1.165) is 0 Å². The number of carbonyl (C=O) groups is 1. The van der Waals surface area contributed by atoms with Gasteiger partial charge in [-0.25, -0.2) is 0 Å². The Labute approximate surface area is 53.5 Å². The maximum absolute atomic E-state index is 10.7. The lowest BCUT2D eigenvalue weighted by molar-refractivity contribution is -0.698. The van der Waals surface area contributed by atoms with Crippen LogP contribution in [0.2, 0.25) is 0 Å². The van der Waals surface area contributed by atoms with E-state index in [1.165, 1.54) is 0 Å². The van der Waals surface area contributed by atoms with Crippen LogP contribution in [0.1, 0.15) is 0 Å². The second-order valence-corrected chi connectivity index (χ2v) is 4.11. The summed E-state index contributed by atoms with van der Waals surface area (Å²) in [6.45, 7) is 0.0162. The number of hydrogen-bond donors (Lipinski definition) is 1. The zero-order valence-electron chi connectivity index (χ0n) is 4.75. The summed E-state index contributed by atoms with van der Waals surface area (Å²) in [5.41, 5.74) is 0. The largest absolute Gasteiger partial charge is 0.354 e. The van der Waals surface area contributed by atoms with Gasteiger partial charge in [-0.3, -0.25) is 4.79 Å². The zero-order valence-corrected chi connectivity index (χ0v) is 5.57. The molecule has 1 saturated heterocycles. The Morgan fingerprint density at radius 3 is 2.22 bits per heavy atom. The van der Waals surface area contributed by atoms with Crippen molar-refractivity contribution in [2.75, 3.05) is 12.3 Å². The second-order valence-electron chi connectivity index (χ2n) is 2.01. The summed E-state index contributed by atoms with van der Waals surface area (Å²) in [6.07, 6.45) is 0. The van der Waals surface area contributed by atoms with Gasteiger partial charge < -0.3 is 4.31 Å². The van der Waals surface area contributed by atoms with Crippen molar-refractivity contribution in [3.63, 3.8) is 0 Å². The molecule has 0 aromatic carbocycles. The van der Waals surface area contributed by atoms with E-state index in [4.69, 9.17) is 0 Å². The van der Waals surface area contributed by atoms with Crippen LogP contribution in [0.25, 0.3) is 0 Å². The van der Waals surface area contributed by atoms with Gasteiger partial charge in [-0.2, -0.15) is 8.42 Å². The van der Waals surface area contributed by atoms with Gasteiger partial charge in [0.2, 0.25) is 5.78 Å². The summed E-state index contributed by atoms with van der Waals surface area (Å²) in [4.78, 5) is 10.4. The Morgan fingerprint density at radius 1 is 1.56 bits per heavy atom. The molecule has 1 fully saturated rings. The highest BCUT2D eigenvalue weighted by molar-refractivity contribution is 7.86. The van der Waals surface area contributed by atoms with Crippen LogP contribution in [0.3, 0.4) is 0 Å². The molecule has 1 heterocycles. The lowest BCUT2D eigenvalue weighted by Crippen LogP contribution is -3.06. The van der Waals surface area contributed by atoms with Crippen molar-refractivity contribution in [2.24, 2.45) is 0 Å². The van der Waals surface area contributed by atoms with Crippen LogP contribution in [0.15, 0.2) is 0 Å². The first-order valence-electron chi connectivity index (χ1n) is 2.44. The average Bonchev–Trinajstić information content (AvgIpc) is 1.79. The van der Waals surface area contributed by atoms with Crippen molar-refractivity contribution in [1.29, 1.82) is 0 Å². The molecule has 0 aliphatic carbocycles. The van der Waals surface area contributed by atoms with Gasteiger partial charge in [0, 0.05) is 0 Å². The molecule has 4 nitrogen and oxygen atoms in total. The molecule has 9 heavy (non-hydrogen) atoms. The third-order valence-electron chi connectivity index (χ3n) is 1.19. The number of sulfonamides is 1. The van der Waals surface area contributed by atoms with Crippen molar-refractivity contribution in [1.82, 2.24) is 0 Å². The summed E-state index contributed by atoms with van der Waals surface area (Å²) in [5, 5.41) is 0. The fourth-order valence-electron chi connectivity index (χ4n) is 0.695. The molecule has 1 atom stereocenters. The number of hydrogen-bond acceptors (Lipinski definition) is 3. The number of ketones is 1. The molecule has 0 saturated carbocycles. The Morgan fingerprint density at radius 2 is 2.11 bits per heavy atom. The van der Waals surface area contributed by atoms with E-state index >= 15 is 0 Å². The van der Waals surface area contributed by atoms with Crippen LogP contribution in [0, 0.1) is 7.05 Å². The average molecular weight is 149 g/mol. The van der Waals surface area contributed by atoms with Crippen LogP contribution >= 0.6 is 0 Å². The zero-order chi connectivity index (χ0) is 7.07. The van der Waals surface area contributed by atoms with Gasteiger partial charge in [-0.15, -0.1) is 7.05 Å². The van der Waals surface area contributed by atoms with Crippen LogP contribution in [-0.2, 0) is 14.8 Å². The van der Waals surface area contributed by atoms with E-state index in [-0.39, 0.29) is 22.4 Å². The first-order valence-corrected chi connectivity index (χ1v) is 4.10. The molecule has 1 N–H and O–H groups in total. The summed E-state index contributed by atoms with van der Waals surface area (Å²) < 4.78 is 21.4. The van der Waals surface area contributed by atoms with Crippen LogP contribution in [0.4, 0.5) is 0 Å². The molecular weight excluding hydrogens is 142 g/mol. The molecule has 0 aromatic rings. The minimum atomic E-state index is -3.22. The van der Waals surface area contributed by atoms with Crippen molar-refractivity contribution >= 4 is 15.8 Å². The lowest BCUT2D eigenvalue weighted by atomic mass is 10.5. The minimum Gasteiger partial charge on any atom is -0.354 e. The molecule has 0 radical (unpaired) electrons. The number of quaternary nitrogens is 1. The quantitative estimate of drug-likeness (QED) is 0.390. The SMILES string of the molecule is [CH2-][NH+]1CC(=O)CS1(=O)=O. The highest BCUT2D eigenvalue weighted by Crippen LogP contribution is 1.85. The van der Waals surface area contributed by atoms with Crippen LogP contribution in [-0.4, -0.2) is 26.5 Å². The van der Waals surface area contributed by atoms with Crippen LogP contribution < -0.4 is 4.31 Å². The standard InChI is InChI=1S/C4H7NO3S/c1-5-2-4(6)3-9(5,7)8/h5H,1-3H2. The first kappa shape index (κ1) is 6.70. The fourth-order valence-corrected chi connectivity index (χ4v) is 1.81. The Hall–Kier alpha value is -0.420. The molecule has 1 rings (SSSR count). The summed E-state index contributed by atoms with van der Waals surface area (Å²) >= 11 is 0. The van der Waals surface area contributed by atoms with Crippen molar-refractivity contribution in [2.45, 2.75) is 0 Å².